The Morgan fingerprint density at radius 2 is 2.14 bits per heavy atom. The van der Waals surface area contributed by atoms with Crippen molar-refractivity contribution in [3.8, 4) is 6.07 Å². The van der Waals surface area contributed by atoms with Crippen molar-refractivity contribution < 1.29 is 4.79 Å². The second kappa shape index (κ2) is 6.82. The Kier molecular flexibility index (Phi) is 4.62. The molecule has 0 aliphatic carbocycles. The number of para-hydroxylation sites is 1. The average molecular weight is 279 g/mol. The summed E-state index contributed by atoms with van der Waals surface area (Å²) in [4.78, 5) is 19.8. The average Bonchev–Trinajstić information content (AvgIpc) is 2.54. The number of benzene rings is 1. The van der Waals surface area contributed by atoms with E-state index in [1.165, 1.54) is 12.4 Å². The fourth-order valence-corrected chi connectivity index (χ4v) is 1.59. The smallest absolute Gasteiger partial charge is 0.271 e. The Morgan fingerprint density at radius 1 is 1.33 bits per heavy atom. The summed E-state index contributed by atoms with van der Waals surface area (Å²) < 4.78 is 0. The number of carbonyl (C=O) groups excluding carboxylic acids is 1. The molecule has 0 unspecified atom stereocenters. The van der Waals surface area contributed by atoms with E-state index in [4.69, 9.17) is 5.26 Å². The second-order valence-electron chi connectivity index (χ2n) is 4.07. The Balaban J connectivity index is 2.11. The largest absolute Gasteiger partial charge is 0.347 e. The van der Waals surface area contributed by atoms with Crippen LogP contribution in [0.5, 0.6) is 0 Å². The molecule has 6 heteroatoms. The first-order chi connectivity index (χ1) is 10.2. The number of nitrogens with zero attached hydrogens (tertiary/aromatic N) is 3. The maximum Gasteiger partial charge on any atom is 0.271 e. The van der Waals surface area contributed by atoms with Gasteiger partial charge >= 0.3 is 0 Å². The molecule has 2 rings (SSSR count). The van der Waals surface area contributed by atoms with Gasteiger partial charge in [-0.1, -0.05) is 18.2 Å². The van der Waals surface area contributed by atoms with Crippen LogP contribution in [0.15, 0.2) is 49.3 Å². The first-order valence-corrected chi connectivity index (χ1v) is 6.22. The van der Waals surface area contributed by atoms with Crippen LogP contribution in [0.25, 0.3) is 0 Å². The Labute approximate surface area is 122 Å². The normalized spacial score (nSPS) is 9.48. The van der Waals surface area contributed by atoms with Crippen molar-refractivity contribution in [3.63, 3.8) is 0 Å². The summed E-state index contributed by atoms with van der Waals surface area (Å²) in [6.45, 7) is 3.89. The molecule has 2 N–H and O–H groups in total. The molecule has 1 aromatic carbocycles. The molecular formula is C15H13N5O. The van der Waals surface area contributed by atoms with E-state index in [2.05, 4.69) is 33.2 Å². The van der Waals surface area contributed by atoms with Gasteiger partial charge in [0.15, 0.2) is 0 Å². The number of amides is 1. The highest BCUT2D eigenvalue weighted by Crippen LogP contribution is 2.17. The zero-order valence-electron chi connectivity index (χ0n) is 11.2. The molecule has 0 fully saturated rings. The Morgan fingerprint density at radius 3 is 2.81 bits per heavy atom. The maximum absolute atomic E-state index is 11.6. The monoisotopic (exact) mass is 279 g/mol. The highest BCUT2D eigenvalue weighted by molar-refractivity contribution is 5.92. The van der Waals surface area contributed by atoms with Gasteiger partial charge in [0.25, 0.3) is 5.91 Å². The highest BCUT2D eigenvalue weighted by Gasteiger charge is 2.07. The molecule has 104 valence electrons. The van der Waals surface area contributed by atoms with Gasteiger partial charge < -0.3 is 10.6 Å². The van der Waals surface area contributed by atoms with Crippen LogP contribution in [0.2, 0.25) is 0 Å². The van der Waals surface area contributed by atoms with Crippen LogP contribution in [-0.2, 0) is 0 Å². The van der Waals surface area contributed by atoms with E-state index in [1.54, 1.807) is 24.3 Å². The molecule has 1 amide bonds. The molecule has 0 radical (unpaired) electrons. The molecule has 6 nitrogen and oxygen atoms in total. The van der Waals surface area contributed by atoms with Crippen molar-refractivity contribution >= 4 is 17.4 Å². The zero-order chi connectivity index (χ0) is 15.1. The summed E-state index contributed by atoms with van der Waals surface area (Å²) in [5, 5.41) is 14.6. The lowest BCUT2D eigenvalue weighted by Crippen LogP contribution is -2.24. The van der Waals surface area contributed by atoms with Crippen molar-refractivity contribution in [1.29, 1.82) is 5.26 Å². The van der Waals surface area contributed by atoms with E-state index in [-0.39, 0.29) is 11.6 Å². The third-order valence-corrected chi connectivity index (χ3v) is 2.60. The van der Waals surface area contributed by atoms with Crippen LogP contribution in [-0.4, -0.2) is 22.4 Å². The summed E-state index contributed by atoms with van der Waals surface area (Å²) in [5.41, 5.74) is 1.36. The predicted octanol–water partition coefficient (Wildman–Crippen LogP) is 2.01. The number of anilines is 2. The van der Waals surface area contributed by atoms with Gasteiger partial charge in [0.05, 0.1) is 23.6 Å². The van der Waals surface area contributed by atoms with Crippen LogP contribution in [0.4, 0.5) is 11.5 Å². The molecule has 1 aromatic heterocycles. The summed E-state index contributed by atoms with van der Waals surface area (Å²) in [7, 11) is 0. The molecule has 0 aliphatic heterocycles. The molecule has 2 aromatic rings. The first-order valence-electron chi connectivity index (χ1n) is 6.22. The van der Waals surface area contributed by atoms with E-state index in [9.17, 15) is 4.79 Å². The van der Waals surface area contributed by atoms with Gasteiger partial charge in [0.2, 0.25) is 0 Å². The van der Waals surface area contributed by atoms with E-state index in [0.29, 0.717) is 23.6 Å². The van der Waals surface area contributed by atoms with Gasteiger partial charge in [-0.2, -0.15) is 5.26 Å². The van der Waals surface area contributed by atoms with Crippen molar-refractivity contribution in [1.82, 2.24) is 15.3 Å². The van der Waals surface area contributed by atoms with E-state index < -0.39 is 0 Å². The number of nitriles is 1. The maximum atomic E-state index is 11.6. The lowest BCUT2D eigenvalue weighted by molar-refractivity contribution is 0.0952. The standard InChI is InChI=1S/C15H13N5O/c1-2-7-17-15(21)13-9-19-14(10-18-13)20-12-6-4-3-5-11(12)8-16/h2-6,9-10H,1,7H2,(H,17,21)(H,19,20). The van der Waals surface area contributed by atoms with Crippen LogP contribution in [0, 0.1) is 11.3 Å². The van der Waals surface area contributed by atoms with Gasteiger partial charge in [-0.15, -0.1) is 6.58 Å². The van der Waals surface area contributed by atoms with E-state index in [1.807, 2.05) is 6.07 Å². The lowest BCUT2D eigenvalue weighted by atomic mass is 10.2. The van der Waals surface area contributed by atoms with Gasteiger partial charge in [-0.05, 0) is 12.1 Å². The fourth-order valence-electron chi connectivity index (χ4n) is 1.59. The first kappa shape index (κ1) is 14.2. The third-order valence-electron chi connectivity index (χ3n) is 2.60. The fraction of sp³-hybridized carbons (Fsp3) is 0.0667. The van der Waals surface area contributed by atoms with Gasteiger partial charge in [0, 0.05) is 6.54 Å². The summed E-state index contributed by atoms with van der Waals surface area (Å²) in [6, 6.07) is 9.15. The highest BCUT2D eigenvalue weighted by atomic mass is 16.1. The number of aromatic nitrogens is 2. The van der Waals surface area contributed by atoms with Gasteiger partial charge in [0.1, 0.15) is 17.6 Å². The number of hydrogen-bond donors (Lipinski definition) is 2. The van der Waals surface area contributed by atoms with Crippen LogP contribution in [0.3, 0.4) is 0 Å². The summed E-state index contributed by atoms with van der Waals surface area (Å²) in [6.07, 6.45) is 4.40. The number of nitrogens with one attached hydrogen (secondary N) is 2. The minimum absolute atomic E-state index is 0.218. The second-order valence-corrected chi connectivity index (χ2v) is 4.07. The topological polar surface area (TPSA) is 90.7 Å². The Hall–Kier alpha value is -3.20. The molecule has 0 bridgehead atoms. The van der Waals surface area contributed by atoms with Crippen LogP contribution >= 0.6 is 0 Å². The van der Waals surface area contributed by atoms with Crippen molar-refractivity contribution in [2.45, 2.75) is 0 Å². The molecule has 0 atom stereocenters. The summed E-state index contributed by atoms with van der Waals surface area (Å²) in [5.74, 6) is 0.143. The van der Waals surface area contributed by atoms with Crippen LogP contribution in [0.1, 0.15) is 16.1 Å². The third kappa shape index (κ3) is 3.64. The lowest BCUT2D eigenvalue weighted by Gasteiger charge is -2.07. The quantitative estimate of drug-likeness (QED) is 0.817. The molecule has 0 aliphatic rings. The van der Waals surface area contributed by atoms with Crippen molar-refractivity contribution in [2.75, 3.05) is 11.9 Å². The zero-order valence-corrected chi connectivity index (χ0v) is 11.2. The SMILES string of the molecule is C=CCNC(=O)c1cnc(Nc2ccccc2C#N)cn1. The van der Waals surface area contributed by atoms with Gasteiger partial charge in [-0.25, -0.2) is 9.97 Å². The molecule has 0 saturated carbocycles. The minimum atomic E-state index is -0.314. The van der Waals surface area contributed by atoms with Gasteiger partial charge in [-0.3, -0.25) is 4.79 Å². The van der Waals surface area contributed by atoms with E-state index in [0.717, 1.165) is 0 Å². The van der Waals surface area contributed by atoms with Crippen LogP contribution < -0.4 is 10.6 Å². The predicted molar refractivity (Wildman–Crippen MR) is 79.0 cm³/mol. The van der Waals surface area contributed by atoms with Crippen molar-refractivity contribution in [2.24, 2.45) is 0 Å². The van der Waals surface area contributed by atoms with E-state index >= 15 is 0 Å². The molecule has 21 heavy (non-hydrogen) atoms. The molecular weight excluding hydrogens is 266 g/mol. The number of rotatable bonds is 5. The Bertz CT molecular complexity index is 688. The minimum Gasteiger partial charge on any atom is -0.347 e. The molecule has 0 saturated heterocycles. The molecule has 1 heterocycles. The molecule has 0 spiro atoms. The number of hydrogen-bond acceptors (Lipinski definition) is 5. The summed E-state index contributed by atoms with van der Waals surface area (Å²) >= 11 is 0. The van der Waals surface area contributed by atoms with Crippen molar-refractivity contribution in [3.05, 3.63) is 60.6 Å². The number of carbonyl (C=O) groups is 1.